The number of likely N-dealkylation sites (N-methyl/N-ethyl adjacent to an activating group) is 1. The Hall–Kier alpha value is -2.03. The van der Waals surface area contributed by atoms with E-state index in [9.17, 15) is 4.79 Å². The zero-order chi connectivity index (χ0) is 17.6. The van der Waals surface area contributed by atoms with Crippen LogP contribution in [0.25, 0.3) is 0 Å². The zero-order valence-electron chi connectivity index (χ0n) is 14.6. The van der Waals surface area contributed by atoms with Crippen LogP contribution in [-0.2, 0) is 11.2 Å². The highest BCUT2D eigenvalue weighted by Crippen LogP contribution is 2.23. The van der Waals surface area contributed by atoms with Crippen LogP contribution in [0.4, 0.5) is 10.8 Å². The van der Waals surface area contributed by atoms with Gasteiger partial charge in [0, 0.05) is 31.7 Å². The van der Waals surface area contributed by atoms with E-state index >= 15 is 0 Å². The van der Waals surface area contributed by atoms with Gasteiger partial charge in [0.2, 0.25) is 5.13 Å². The summed E-state index contributed by atoms with van der Waals surface area (Å²) < 4.78 is 5.40. The molecule has 1 fully saturated rings. The van der Waals surface area contributed by atoms with E-state index in [0.717, 1.165) is 36.8 Å². The van der Waals surface area contributed by atoms with E-state index in [0.29, 0.717) is 23.9 Å². The summed E-state index contributed by atoms with van der Waals surface area (Å²) in [5.41, 5.74) is 1.58. The van der Waals surface area contributed by atoms with Gasteiger partial charge in [-0.25, -0.2) is 0 Å². The first-order chi connectivity index (χ1) is 12.1. The minimum absolute atomic E-state index is 0.155. The zero-order valence-corrected chi connectivity index (χ0v) is 15.4. The van der Waals surface area contributed by atoms with Crippen LogP contribution in [0, 0.1) is 0 Å². The second-order valence-electron chi connectivity index (χ2n) is 6.12. The Morgan fingerprint density at radius 2 is 2.04 bits per heavy atom. The van der Waals surface area contributed by atoms with E-state index in [4.69, 9.17) is 4.74 Å². The fourth-order valence-electron chi connectivity index (χ4n) is 2.63. The number of carbonyl (C=O) groups is 1. The lowest BCUT2D eigenvalue weighted by Gasteiger charge is -2.30. The van der Waals surface area contributed by atoms with Crippen molar-refractivity contribution in [3.63, 3.8) is 0 Å². The molecule has 0 unspecified atom stereocenters. The number of hydrogen-bond donors (Lipinski definition) is 1. The van der Waals surface area contributed by atoms with Crippen LogP contribution in [0.2, 0.25) is 0 Å². The number of carbonyl (C=O) groups excluding carboxylic acids is 1. The average molecular weight is 361 g/mol. The Morgan fingerprint density at radius 1 is 1.28 bits per heavy atom. The van der Waals surface area contributed by atoms with Crippen molar-refractivity contribution < 1.29 is 9.53 Å². The molecule has 1 saturated heterocycles. The molecule has 7 nitrogen and oxygen atoms in total. The van der Waals surface area contributed by atoms with Crippen LogP contribution < -0.4 is 10.2 Å². The molecule has 25 heavy (non-hydrogen) atoms. The second kappa shape index (κ2) is 8.37. The van der Waals surface area contributed by atoms with Gasteiger partial charge in [-0.05, 0) is 26.2 Å². The number of hydrogen-bond acceptors (Lipinski definition) is 7. The van der Waals surface area contributed by atoms with Gasteiger partial charge in [-0.15, -0.1) is 10.2 Å². The summed E-state index contributed by atoms with van der Waals surface area (Å²) in [7, 11) is 4.04. The second-order valence-corrected chi connectivity index (χ2v) is 7.19. The molecule has 0 spiro atoms. The Labute approximate surface area is 151 Å². The SMILES string of the molecule is CN(C)CCc1nnc(NC(=O)c2ccccc2N2CCOCC2)s1. The standard InChI is InChI=1S/C17H23N5O2S/c1-21(2)8-7-15-19-20-17(25-15)18-16(23)13-5-3-4-6-14(13)22-9-11-24-12-10-22/h3-6H,7-12H2,1-2H3,(H,18,20,23). The van der Waals surface area contributed by atoms with Crippen molar-refractivity contribution in [3.05, 3.63) is 34.8 Å². The van der Waals surface area contributed by atoms with E-state index in [1.54, 1.807) is 0 Å². The highest BCUT2D eigenvalue weighted by Gasteiger charge is 2.19. The lowest BCUT2D eigenvalue weighted by Crippen LogP contribution is -2.37. The van der Waals surface area contributed by atoms with E-state index in [-0.39, 0.29) is 5.91 Å². The minimum atomic E-state index is -0.155. The Balaban J connectivity index is 1.69. The van der Waals surface area contributed by atoms with Crippen LogP contribution in [0.15, 0.2) is 24.3 Å². The number of para-hydroxylation sites is 1. The highest BCUT2D eigenvalue weighted by atomic mass is 32.1. The van der Waals surface area contributed by atoms with Crippen molar-refractivity contribution in [3.8, 4) is 0 Å². The first-order valence-electron chi connectivity index (χ1n) is 8.33. The molecule has 1 aromatic carbocycles. The van der Waals surface area contributed by atoms with Crippen molar-refractivity contribution in [1.82, 2.24) is 15.1 Å². The summed E-state index contributed by atoms with van der Waals surface area (Å²) >= 11 is 1.42. The van der Waals surface area contributed by atoms with Gasteiger partial charge in [0.15, 0.2) is 0 Å². The number of benzene rings is 1. The third kappa shape index (κ3) is 4.75. The molecule has 1 amide bonds. The lowest BCUT2D eigenvalue weighted by atomic mass is 10.1. The van der Waals surface area contributed by atoms with Gasteiger partial charge in [-0.2, -0.15) is 0 Å². The monoisotopic (exact) mass is 361 g/mol. The molecule has 1 aliphatic heterocycles. The van der Waals surface area contributed by atoms with E-state index < -0.39 is 0 Å². The Bertz CT molecular complexity index is 713. The third-order valence-electron chi connectivity index (χ3n) is 3.96. The van der Waals surface area contributed by atoms with Crippen molar-refractivity contribution >= 4 is 28.1 Å². The van der Waals surface area contributed by atoms with Crippen LogP contribution in [0.3, 0.4) is 0 Å². The van der Waals surface area contributed by atoms with Crippen molar-refractivity contribution in [2.75, 3.05) is 57.2 Å². The first kappa shape index (κ1) is 17.8. The Morgan fingerprint density at radius 3 is 2.80 bits per heavy atom. The molecular weight excluding hydrogens is 338 g/mol. The van der Waals surface area contributed by atoms with E-state index in [2.05, 4.69) is 25.3 Å². The fourth-order valence-corrected chi connectivity index (χ4v) is 3.36. The normalized spacial score (nSPS) is 14.8. The van der Waals surface area contributed by atoms with Crippen molar-refractivity contribution in [2.45, 2.75) is 6.42 Å². The number of anilines is 2. The molecule has 0 atom stereocenters. The summed E-state index contributed by atoms with van der Waals surface area (Å²) in [5.74, 6) is -0.155. The molecule has 0 aliphatic carbocycles. The quantitative estimate of drug-likeness (QED) is 0.845. The minimum Gasteiger partial charge on any atom is -0.378 e. The number of rotatable bonds is 6. The maximum atomic E-state index is 12.7. The molecule has 0 bridgehead atoms. The van der Waals surface area contributed by atoms with Gasteiger partial charge in [0.1, 0.15) is 5.01 Å². The van der Waals surface area contributed by atoms with Gasteiger partial charge in [-0.1, -0.05) is 23.5 Å². The number of ether oxygens (including phenoxy) is 1. The first-order valence-corrected chi connectivity index (χ1v) is 9.15. The van der Waals surface area contributed by atoms with Crippen LogP contribution in [0.5, 0.6) is 0 Å². The summed E-state index contributed by atoms with van der Waals surface area (Å²) in [6.07, 6.45) is 0.824. The maximum Gasteiger partial charge on any atom is 0.259 e. The molecule has 1 N–H and O–H groups in total. The molecule has 0 radical (unpaired) electrons. The molecule has 0 saturated carbocycles. The summed E-state index contributed by atoms with van der Waals surface area (Å²) in [4.78, 5) is 17.0. The van der Waals surface area contributed by atoms with Crippen molar-refractivity contribution in [2.24, 2.45) is 0 Å². The van der Waals surface area contributed by atoms with Gasteiger partial charge in [-0.3, -0.25) is 10.1 Å². The third-order valence-corrected chi connectivity index (χ3v) is 4.86. The predicted molar refractivity (Wildman–Crippen MR) is 99.6 cm³/mol. The summed E-state index contributed by atoms with van der Waals surface area (Å²) in [5, 5.41) is 12.6. The number of aromatic nitrogens is 2. The molecule has 3 rings (SSSR count). The number of nitrogens with one attached hydrogen (secondary N) is 1. The van der Waals surface area contributed by atoms with Gasteiger partial charge in [0.25, 0.3) is 5.91 Å². The van der Waals surface area contributed by atoms with Crippen LogP contribution in [0.1, 0.15) is 15.4 Å². The largest absolute Gasteiger partial charge is 0.378 e. The highest BCUT2D eigenvalue weighted by molar-refractivity contribution is 7.15. The van der Waals surface area contributed by atoms with Crippen molar-refractivity contribution in [1.29, 1.82) is 0 Å². The maximum absolute atomic E-state index is 12.7. The number of nitrogens with zero attached hydrogens (tertiary/aromatic N) is 4. The van der Waals surface area contributed by atoms with Crippen LogP contribution >= 0.6 is 11.3 Å². The molecule has 1 aromatic heterocycles. The lowest BCUT2D eigenvalue weighted by molar-refractivity contribution is 0.102. The number of amides is 1. The topological polar surface area (TPSA) is 70.6 Å². The van der Waals surface area contributed by atoms with Crippen LogP contribution in [-0.4, -0.2) is 67.9 Å². The van der Waals surface area contributed by atoms with Gasteiger partial charge < -0.3 is 14.5 Å². The predicted octanol–water partition coefficient (Wildman–Crippen LogP) is 1.73. The molecule has 134 valence electrons. The fraction of sp³-hybridized carbons (Fsp3) is 0.471. The average Bonchev–Trinajstić information content (AvgIpc) is 3.08. The molecule has 1 aliphatic rings. The molecular formula is C17H23N5O2S. The smallest absolute Gasteiger partial charge is 0.259 e. The summed E-state index contributed by atoms with van der Waals surface area (Å²) in [6.45, 7) is 3.85. The molecule has 2 aromatic rings. The molecule has 8 heteroatoms. The number of morpholine rings is 1. The van der Waals surface area contributed by atoms with E-state index in [1.807, 2.05) is 38.4 Å². The molecule has 2 heterocycles. The van der Waals surface area contributed by atoms with Gasteiger partial charge in [0.05, 0.1) is 18.8 Å². The Kier molecular flexibility index (Phi) is 5.95. The van der Waals surface area contributed by atoms with E-state index in [1.165, 1.54) is 11.3 Å². The summed E-state index contributed by atoms with van der Waals surface area (Å²) in [6, 6.07) is 7.64. The van der Waals surface area contributed by atoms with Gasteiger partial charge >= 0.3 is 0 Å².